The Kier molecular flexibility index (Phi) is 14.8. The molecule has 7 N–H and O–H groups in total. The molecule has 5 bridgehead atoms. The van der Waals surface area contributed by atoms with Crippen LogP contribution in [-0.2, 0) is 40.4 Å². The van der Waals surface area contributed by atoms with Crippen molar-refractivity contribution in [3.8, 4) is 23.0 Å². The van der Waals surface area contributed by atoms with E-state index in [9.17, 15) is 48.3 Å². The SMILES string of the molecule is CO[C@H]1/C=C/O[C@@]2(C)Oc3c(C)c(O)c4c(O)c(c(CNC5CCN(S(C)(=O)=O)CC5)c(O)c4c3C2=O)NC(=O)/C(C)=C\C=C\[C@H](C)[C@H](O)[C@@H](C)[C@@H](O)[C@@H](C)[C@H](OC(C)=O)[C@@H]1C. The average molecular weight is 888 g/mol. The lowest BCUT2D eigenvalue weighted by atomic mass is 9.78. The second-order valence-corrected chi connectivity index (χ2v) is 19.0. The maximum absolute atomic E-state index is 14.5. The Morgan fingerprint density at radius 2 is 1.61 bits per heavy atom. The van der Waals surface area contributed by atoms with Crippen LogP contribution >= 0.6 is 0 Å². The molecule has 342 valence electrons. The highest BCUT2D eigenvalue weighted by Gasteiger charge is 2.50. The predicted molar refractivity (Wildman–Crippen MR) is 230 cm³/mol. The summed E-state index contributed by atoms with van der Waals surface area (Å²) in [5, 5.41) is 64.0. The van der Waals surface area contributed by atoms with E-state index in [0.717, 1.165) is 6.26 Å². The summed E-state index contributed by atoms with van der Waals surface area (Å²) in [5.74, 6) is -8.55. The molecule has 1 amide bonds. The average Bonchev–Trinajstić information content (AvgIpc) is 3.48. The fourth-order valence-electron chi connectivity index (χ4n) is 8.60. The first-order valence-corrected chi connectivity index (χ1v) is 22.5. The number of fused-ring (bicyclic) bond motifs is 14. The monoisotopic (exact) mass is 887 g/mol. The molecule has 1 saturated heterocycles. The van der Waals surface area contributed by atoms with Crippen LogP contribution in [-0.4, -0.2) is 119 Å². The van der Waals surface area contributed by atoms with Crippen LogP contribution in [0.25, 0.3) is 10.8 Å². The van der Waals surface area contributed by atoms with E-state index < -0.39 is 98.8 Å². The minimum Gasteiger partial charge on any atom is -0.507 e. The van der Waals surface area contributed by atoms with E-state index in [0.29, 0.717) is 12.8 Å². The minimum atomic E-state index is -3.41. The second-order valence-electron chi connectivity index (χ2n) is 17.0. The standard InChI is InChI=1S/C44H61N3O14S/c1-21-12-11-13-22(2)43(55)46-34-29(20-45-28-14-17-47(18-15-28)62(10,56)57)38(52)31-32(39(34)53)37(51)26(6)41-33(31)42(54)44(8,61-41)59-19-16-30(58-9)23(3)40(60-27(7)48)25(5)36(50)24(4)35(21)49/h11-13,16,19,21,23-25,28,30,35-36,40,45,49-53H,14-15,17-18,20H2,1-10H3,(H,46,55)/b12-11+,19-16+,22-13-/t21-,23+,24+,25+,30-,35-,36+,40+,44-/m0/s1. The first kappa shape index (κ1) is 48.3. The smallest absolute Gasteiger partial charge is 0.312 e. The van der Waals surface area contributed by atoms with Crippen LogP contribution in [0.4, 0.5) is 5.69 Å². The third-order valence-corrected chi connectivity index (χ3v) is 13.9. The normalized spacial score (nSPS) is 31.5. The van der Waals surface area contributed by atoms with Crippen LogP contribution in [0.15, 0.2) is 36.1 Å². The number of allylic oxidation sites excluding steroid dienone is 2. The summed E-state index contributed by atoms with van der Waals surface area (Å²) in [6.07, 6.45) is 5.39. The first-order chi connectivity index (χ1) is 28.9. The minimum absolute atomic E-state index is 0.0304. The highest BCUT2D eigenvalue weighted by Crippen LogP contribution is 2.55. The van der Waals surface area contributed by atoms with Gasteiger partial charge in [0.1, 0.15) is 23.4 Å². The van der Waals surface area contributed by atoms with Crippen molar-refractivity contribution in [1.29, 1.82) is 0 Å². The van der Waals surface area contributed by atoms with Gasteiger partial charge < -0.3 is 55.1 Å². The number of phenolic OH excluding ortho intramolecular Hbond substituents is 3. The third-order valence-electron chi connectivity index (χ3n) is 12.6. The van der Waals surface area contributed by atoms with Gasteiger partial charge in [-0.25, -0.2) is 12.7 Å². The summed E-state index contributed by atoms with van der Waals surface area (Å²) in [6.45, 7) is 12.7. The molecule has 0 spiro atoms. The molecule has 0 radical (unpaired) electrons. The van der Waals surface area contributed by atoms with Gasteiger partial charge in [0.15, 0.2) is 5.75 Å². The molecule has 0 aromatic heterocycles. The number of rotatable bonds is 6. The summed E-state index contributed by atoms with van der Waals surface area (Å²) in [7, 11) is -1.98. The largest absolute Gasteiger partial charge is 0.507 e. The number of nitrogens with one attached hydrogen (secondary N) is 2. The molecule has 62 heavy (non-hydrogen) atoms. The Hall–Kier alpha value is -4.72. The summed E-state index contributed by atoms with van der Waals surface area (Å²) < 4.78 is 49.3. The Morgan fingerprint density at radius 1 is 0.968 bits per heavy atom. The second kappa shape index (κ2) is 18.9. The van der Waals surface area contributed by atoms with Gasteiger partial charge in [0.25, 0.3) is 11.7 Å². The maximum atomic E-state index is 14.5. The first-order valence-electron chi connectivity index (χ1n) is 20.7. The van der Waals surface area contributed by atoms with Gasteiger partial charge in [-0.05, 0) is 32.8 Å². The molecule has 17 nitrogen and oxygen atoms in total. The van der Waals surface area contributed by atoms with Crippen molar-refractivity contribution in [1.82, 2.24) is 9.62 Å². The van der Waals surface area contributed by atoms with Crippen molar-refractivity contribution in [2.45, 2.75) is 111 Å². The van der Waals surface area contributed by atoms with E-state index in [1.165, 1.54) is 57.5 Å². The van der Waals surface area contributed by atoms with Crippen molar-refractivity contribution in [2.75, 3.05) is 31.8 Å². The van der Waals surface area contributed by atoms with E-state index in [2.05, 4.69) is 10.6 Å². The molecule has 18 heteroatoms. The number of benzene rings is 2. The number of hydrogen-bond acceptors (Lipinski definition) is 15. The number of methoxy groups -OCH3 is 1. The zero-order valence-electron chi connectivity index (χ0n) is 36.9. The molecule has 2 aromatic carbocycles. The molecular formula is C44H61N3O14S. The number of aliphatic hydroxyl groups excluding tert-OH is 2. The van der Waals surface area contributed by atoms with Crippen LogP contribution in [0.2, 0.25) is 0 Å². The van der Waals surface area contributed by atoms with Crippen molar-refractivity contribution < 1.29 is 67.3 Å². The molecule has 9 atom stereocenters. The lowest BCUT2D eigenvalue weighted by molar-refractivity contribution is -0.160. The lowest BCUT2D eigenvalue weighted by Gasteiger charge is -2.38. The molecule has 6 rings (SSSR count). The fourth-order valence-corrected chi connectivity index (χ4v) is 9.47. The highest BCUT2D eigenvalue weighted by molar-refractivity contribution is 7.88. The molecule has 4 heterocycles. The Balaban J connectivity index is 1.66. The van der Waals surface area contributed by atoms with Crippen LogP contribution in [0.3, 0.4) is 0 Å². The number of piperidine rings is 1. The number of sulfonamides is 1. The van der Waals surface area contributed by atoms with Crippen LogP contribution < -0.4 is 15.4 Å². The zero-order valence-corrected chi connectivity index (χ0v) is 37.7. The number of anilines is 1. The summed E-state index contributed by atoms with van der Waals surface area (Å²) in [4.78, 5) is 40.6. The molecule has 4 aliphatic heterocycles. The summed E-state index contributed by atoms with van der Waals surface area (Å²) in [5.41, 5.74) is -0.296. The van der Waals surface area contributed by atoms with Gasteiger partial charge in [0, 0.05) is 92.4 Å². The Labute approximate surface area is 362 Å². The number of aromatic hydroxyl groups is 3. The van der Waals surface area contributed by atoms with Crippen LogP contribution in [0.5, 0.6) is 23.0 Å². The van der Waals surface area contributed by atoms with E-state index in [1.807, 2.05) is 0 Å². The fraction of sp³-hybridized carbons (Fsp3) is 0.568. The lowest BCUT2D eigenvalue weighted by Crippen LogP contribution is -2.46. The topological polar surface area (TPSA) is 251 Å². The highest BCUT2D eigenvalue weighted by atomic mass is 32.2. The van der Waals surface area contributed by atoms with Crippen LogP contribution in [0.1, 0.15) is 82.8 Å². The number of aliphatic hydroxyl groups is 2. The van der Waals surface area contributed by atoms with Gasteiger partial charge in [-0.15, -0.1) is 0 Å². The summed E-state index contributed by atoms with van der Waals surface area (Å²) >= 11 is 0. The molecular weight excluding hydrogens is 827 g/mol. The van der Waals surface area contributed by atoms with Crippen molar-refractivity contribution >= 4 is 44.1 Å². The number of nitrogens with zero attached hydrogens (tertiary/aromatic N) is 1. The van der Waals surface area contributed by atoms with Crippen molar-refractivity contribution in [3.63, 3.8) is 0 Å². The number of phenols is 3. The van der Waals surface area contributed by atoms with Gasteiger partial charge >= 0.3 is 11.8 Å². The quantitative estimate of drug-likeness (QED) is 0.122. The number of carbonyl (C=O) groups excluding carboxylic acids is 3. The van der Waals surface area contributed by atoms with Crippen LogP contribution in [0, 0.1) is 30.6 Å². The number of hydrogen-bond donors (Lipinski definition) is 7. The number of amides is 1. The zero-order chi connectivity index (χ0) is 46.2. The van der Waals surface area contributed by atoms with E-state index in [4.69, 9.17) is 18.9 Å². The predicted octanol–water partition coefficient (Wildman–Crippen LogP) is 4.27. The molecule has 1 fully saturated rings. The number of ether oxygens (including phenoxy) is 4. The van der Waals surface area contributed by atoms with Gasteiger partial charge in [-0.3, -0.25) is 14.4 Å². The number of ketones is 1. The van der Waals surface area contributed by atoms with Gasteiger partial charge in [0.2, 0.25) is 10.0 Å². The third kappa shape index (κ3) is 9.60. The van der Waals surface area contributed by atoms with E-state index in [-0.39, 0.29) is 70.1 Å². The van der Waals surface area contributed by atoms with Gasteiger partial charge in [-0.2, -0.15) is 0 Å². The molecule has 2 aromatic rings. The van der Waals surface area contributed by atoms with E-state index in [1.54, 1.807) is 39.8 Å². The number of esters is 1. The molecule has 0 unspecified atom stereocenters. The van der Waals surface area contributed by atoms with Gasteiger partial charge in [-0.1, -0.05) is 45.9 Å². The summed E-state index contributed by atoms with van der Waals surface area (Å²) in [6, 6.07) is -0.237. The Bertz CT molecular complexity index is 2270. The molecule has 0 aliphatic carbocycles. The molecule has 4 aliphatic rings. The number of Topliss-reactive ketones (excluding diaryl/α,β-unsaturated/α-hetero) is 1. The van der Waals surface area contributed by atoms with Gasteiger partial charge in [0.05, 0.1) is 47.5 Å². The van der Waals surface area contributed by atoms with E-state index >= 15 is 0 Å². The van der Waals surface area contributed by atoms with Crippen molar-refractivity contribution in [3.05, 3.63) is 52.8 Å². The van der Waals surface area contributed by atoms with Crippen molar-refractivity contribution in [2.24, 2.45) is 23.7 Å². The molecule has 0 saturated carbocycles. The maximum Gasteiger partial charge on any atom is 0.312 e. The Morgan fingerprint density at radius 3 is 2.21 bits per heavy atom. The number of carbonyl (C=O) groups is 3.